The summed E-state index contributed by atoms with van der Waals surface area (Å²) < 4.78 is 68.4. The van der Waals surface area contributed by atoms with Crippen molar-refractivity contribution in [1.29, 1.82) is 0 Å². The minimum Gasteiger partial charge on any atom is -0.462 e. The lowest BCUT2D eigenvalue weighted by Gasteiger charge is -2.21. The van der Waals surface area contributed by atoms with Crippen LogP contribution < -0.4 is 0 Å². The lowest BCUT2D eigenvalue weighted by Crippen LogP contribution is -2.30. The van der Waals surface area contributed by atoms with Crippen LogP contribution in [0.2, 0.25) is 0 Å². The van der Waals surface area contributed by atoms with E-state index in [1.165, 1.54) is 19.3 Å². The summed E-state index contributed by atoms with van der Waals surface area (Å²) in [6.45, 7) is 4.32. The molecule has 0 bridgehead atoms. The van der Waals surface area contributed by atoms with Crippen molar-refractivity contribution < 1.29 is 80.2 Å². The van der Waals surface area contributed by atoms with E-state index in [2.05, 4.69) is 210 Å². The van der Waals surface area contributed by atoms with Crippen LogP contribution >= 0.6 is 15.6 Å². The van der Waals surface area contributed by atoms with Gasteiger partial charge in [-0.3, -0.25) is 37.3 Å². The van der Waals surface area contributed by atoms with Crippen LogP contribution in [0, 0.1) is 0 Å². The predicted molar refractivity (Wildman–Crippen MR) is 426 cm³/mol. The molecule has 0 rings (SSSR count). The Bertz CT molecular complexity index is 2690. The van der Waals surface area contributed by atoms with Gasteiger partial charge in [-0.25, -0.2) is 9.13 Å². The van der Waals surface area contributed by atoms with E-state index in [0.29, 0.717) is 32.1 Å². The van der Waals surface area contributed by atoms with Crippen molar-refractivity contribution in [3.63, 3.8) is 0 Å². The van der Waals surface area contributed by atoms with E-state index < -0.39 is 97.5 Å². The zero-order valence-corrected chi connectivity index (χ0v) is 65.9. The Hall–Kier alpha value is -5.84. The Labute approximate surface area is 628 Å². The van der Waals surface area contributed by atoms with Crippen LogP contribution in [-0.2, 0) is 65.4 Å². The SMILES string of the molecule is CC/C=C\C/C=C\C/C=C\C/C=C\C/C=C\CCCCCC(=O)OCC(COP(=O)(O)OCC(O)COP(=O)(O)OCC(COC(=O)CCCC/C=C\C/C=C\C/C=C\C/C=C\CC)OC(=O)CCCC/C=C\C/C=C\C/C=C\C/C=C\CC)OC(=O)CCCCCCC/C=C\C/C=C\CCCCC. The van der Waals surface area contributed by atoms with Gasteiger partial charge >= 0.3 is 39.5 Å². The summed E-state index contributed by atoms with van der Waals surface area (Å²) in [4.78, 5) is 73.0. The molecule has 0 saturated carbocycles. The second kappa shape index (κ2) is 75.4. The number of allylic oxidation sites excluding steroid dienone is 30. The Morgan fingerprint density at radius 1 is 0.279 bits per heavy atom. The summed E-state index contributed by atoms with van der Waals surface area (Å²) >= 11 is 0. The highest BCUT2D eigenvalue weighted by atomic mass is 31.2. The first-order valence-corrected chi connectivity index (χ1v) is 42.0. The van der Waals surface area contributed by atoms with Gasteiger partial charge in [-0.15, -0.1) is 0 Å². The Balaban J connectivity index is 5.49. The average Bonchev–Trinajstić information content (AvgIpc) is 0.918. The number of hydrogen-bond donors (Lipinski definition) is 3. The molecule has 0 aliphatic rings. The average molecular weight is 1490 g/mol. The standard InChI is InChI=1S/C85H136O17P2/c1-5-9-13-17-21-25-29-33-37-38-39-40-44-46-50-54-58-62-66-70-83(88)96-76-81(102-85(90)72-68-64-60-56-52-48-43-36-32-28-24-20-16-12-8-4)78-100-104(93,94)98-74-79(86)73-97-103(91,92)99-77-80(101-84(89)71-67-63-59-55-51-47-42-35-31-27-23-19-15-11-7-3)75-95-82(87)69-65-61-57-53-49-45-41-34-30-26-22-18-14-10-6-2/h9-11,13-15,21-28,33-37,39-43,46,49-51,53,55,79-81,86H,5-8,12,16-20,29-32,38,44-45,47-48,52,54,56-78H2,1-4H3,(H,91,92)(H,93,94)/b13-9-,14-10-,15-11-,25-21-,26-22-,27-23-,28-24-,37-33-,40-39-,41-34-,42-35-,43-36-,50-46-,53-49-,55-51-. The molecule has 19 heteroatoms. The highest BCUT2D eigenvalue weighted by Crippen LogP contribution is 2.45. The molecule has 5 unspecified atom stereocenters. The molecule has 0 heterocycles. The van der Waals surface area contributed by atoms with Gasteiger partial charge in [0.15, 0.2) is 12.2 Å². The summed E-state index contributed by atoms with van der Waals surface area (Å²) in [7, 11) is -10.0. The number of hydrogen-bond acceptors (Lipinski definition) is 15. The van der Waals surface area contributed by atoms with E-state index in [1.54, 1.807) is 0 Å². The van der Waals surface area contributed by atoms with Gasteiger partial charge in [0, 0.05) is 25.7 Å². The Kier molecular flexibility index (Phi) is 71.2. The normalized spacial score (nSPS) is 14.9. The highest BCUT2D eigenvalue weighted by molar-refractivity contribution is 7.47. The molecule has 0 aliphatic heterocycles. The molecule has 3 N–H and O–H groups in total. The number of carbonyl (C=O) groups is 4. The number of phosphoric acid groups is 2. The van der Waals surface area contributed by atoms with Crippen molar-refractivity contribution in [2.24, 2.45) is 0 Å². The van der Waals surface area contributed by atoms with Crippen molar-refractivity contribution in [3.8, 4) is 0 Å². The number of unbranched alkanes of at least 4 members (excludes halogenated alkanes) is 15. The largest absolute Gasteiger partial charge is 0.472 e. The molecule has 0 aromatic heterocycles. The number of esters is 4. The van der Waals surface area contributed by atoms with Crippen molar-refractivity contribution in [2.75, 3.05) is 39.6 Å². The predicted octanol–water partition coefficient (Wildman–Crippen LogP) is 22.8. The van der Waals surface area contributed by atoms with Gasteiger partial charge in [0.25, 0.3) is 0 Å². The summed E-state index contributed by atoms with van der Waals surface area (Å²) in [5.74, 6) is -2.34. The first kappa shape index (κ1) is 98.2. The molecule has 0 spiro atoms. The van der Waals surface area contributed by atoms with Crippen LogP contribution in [0.5, 0.6) is 0 Å². The number of rotatable bonds is 71. The van der Waals surface area contributed by atoms with Gasteiger partial charge in [-0.1, -0.05) is 249 Å². The zero-order chi connectivity index (χ0) is 76.0. The molecule has 0 aromatic carbocycles. The van der Waals surface area contributed by atoms with E-state index in [9.17, 15) is 43.2 Å². The van der Waals surface area contributed by atoms with E-state index in [-0.39, 0.29) is 25.7 Å². The maximum Gasteiger partial charge on any atom is 0.472 e. The number of carbonyl (C=O) groups excluding carboxylic acids is 4. The summed E-state index contributed by atoms with van der Waals surface area (Å²) in [6.07, 6.45) is 90.3. The fourth-order valence-electron chi connectivity index (χ4n) is 9.49. The molecule has 5 atom stereocenters. The third kappa shape index (κ3) is 74.4. The minimum atomic E-state index is -5.01. The fourth-order valence-corrected chi connectivity index (χ4v) is 11.1. The monoisotopic (exact) mass is 1490 g/mol. The quantitative estimate of drug-likeness (QED) is 0.0169. The van der Waals surface area contributed by atoms with Gasteiger partial charge in [0.1, 0.15) is 19.3 Å². The summed E-state index contributed by atoms with van der Waals surface area (Å²) in [5, 5.41) is 10.6. The van der Waals surface area contributed by atoms with Crippen molar-refractivity contribution in [2.45, 2.75) is 290 Å². The molecular weight excluding hydrogens is 1350 g/mol. The van der Waals surface area contributed by atoms with Gasteiger partial charge in [-0.05, 0) is 180 Å². The molecule has 0 aromatic rings. The third-order valence-corrected chi connectivity index (χ3v) is 17.2. The first-order chi connectivity index (χ1) is 50.7. The number of ether oxygens (including phenoxy) is 4. The lowest BCUT2D eigenvalue weighted by molar-refractivity contribution is -0.161. The molecule has 588 valence electrons. The lowest BCUT2D eigenvalue weighted by atomic mass is 10.1. The van der Waals surface area contributed by atoms with Gasteiger partial charge in [0.2, 0.25) is 0 Å². The van der Waals surface area contributed by atoms with Crippen LogP contribution in [0.1, 0.15) is 272 Å². The summed E-state index contributed by atoms with van der Waals surface area (Å²) in [5.41, 5.74) is 0. The van der Waals surface area contributed by atoms with Crippen LogP contribution in [-0.4, -0.2) is 96.7 Å². The topological polar surface area (TPSA) is 237 Å². The smallest absolute Gasteiger partial charge is 0.462 e. The van der Waals surface area contributed by atoms with E-state index in [4.69, 9.17) is 37.0 Å². The molecular formula is C85H136O17P2. The second-order valence-electron chi connectivity index (χ2n) is 25.1. The van der Waals surface area contributed by atoms with E-state index >= 15 is 0 Å². The van der Waals surface area contributed by atoms with Crippen LogP contribution in [0.3, 0.4) is 0 Å². The molecule has 0 fully saturated rings. The molecule has 0 saturated heterocycles. The van der Waals surface area contributed by atoms with E-state index in [0.717, 1.165) is 167 Å². The van der Waals surface area contributed by atoms with Crippen molar-refractivity contribution >= 4 is 39.5 Å². The number of aliphatic hydroxyl groups is 1. The van der Waals surface area contributed by atoms with Crippen molar-refractivity contribution in [1.82, 2.24) is 0 Å². The van der Waals surface area contributed by atoms with Gasteiger partial charge < -0.3 is 33.8 Å². The molecule has 0 aliphatic carbocycles. The zero-order valence-electron chi connectivity index (χ0n) is 64.1. The molecule has 104 heavy (non-hydrogen) atoms. The maximum absolute atomic E-state index is 13.1. The second-order valence-corrected chi connectivity index (χ2v) is 28.1. The molecule has 17 nitrogen and oxygen atoms in total. The highest BCUT2D eigenvalue weighted by Gasteiger charge is 2.30. The minimum absolute atomic E-state index is 0.0255. The third-order valence-electron chi connectivity index (χ3n) is 15.3. The Morgan fingerprint density at radius 3 is 0.798 bits per heavy atom. The van der Waals surface area contributed by atoms with Crippen LogP contribution in [0.25, 0.3) is 0 Å². The van der Waals surface area contributed by atoms with Gasteiger partial charge in [-0.2, -0.15) is 0 Å². The Morgan fingerprint density at radius 2 is 0.500 bits per heavy atom. The van der Waals surface area contributed by atoms with E-state index in [1.807, 2.05) is 0 Å². The number of aliphatic hydroxyl groups excluding tert-OH is 1. The maximum atomic E-state index is 13.1. The molecule has 0 amide bonds. The van der Waals surface area contributed by atoms with Gasteiger partial charge in [0.05, 0.1) is 26.4 Å². The van der Waals surface area contributed by atoms with Crippen LogP contribution in [0.4, 0.5) is 0 Å². The first-order valence-electron chi connectivity index (χ1n) is 39.0. The fraction of sp³-hybridized carbons (Fsp3) is 0.600. The van der Waals surface area contributed by atoms with Crippen molar-refractivity contribution in [3.05, 3.63) is 182 Å². The summed E-state index contributed by atoms with van der Waals surface area (Å²) in [6, 6.07) is 0. The van der Waals surface area contributed by atoms with Crippen LogP contribution in [0.15, 0.2) is 182 Å². The number of phosphoric ester groups is 2. The molecule has 0 radical (unpaired) electrons.